The summed E-state index contributed by atoms with van der Waals surface area (Å²) in [5.74, 6) is -1.16. The highest BCUT2D eigenvalue weighted by Crippen LogP contribution is 2.62. The summed E-state index contributed by atoms with van der Waals surface area (Å²) in [4.78, 5) is 39.0. The molecule has 3 aliphatic carbocycles. The molecule has 6 heteroatoms. The molecule has 6 nitrogen and oxygen atoms in total. The minimum atomic E-state index is -1.44. The second kappa shape index (κ2) is 10.3. The van der Waals surface area contributed by atoms with Gasteiger partial charge < -0.3 is 14.6 Å². The Kier molecular flexibility index (Phi) is 8.11. The van der Waals surface area contributed by atoms with E-state index in [1.807, 2.05) is 19.1 Å². The molecule has 34 heavy (non-hydrogen) atoms. The molecule has 0 aromatic carbocycles. The molecular weight excluding hydrogens is 432 g/mol. The Bertz CT molecular complexity index is 868. The maximum absolute atomic E-state index is 14.0. The molecule has 3 rings (SSSR count). The van der Waals surface area contributed by atoms with Gasteiger partial charge in [0.05, 0.1) is 12.5 Å². The topological polar surface area (TPSA) is 89.9 Å². The van der Waals surface area contributed by atoms with E-state index < -0.39 is 23.6 Å². The van der Waals surface area contributed by atoms with E-state index in [4.69, 9.17) is 9.47 Å². The predicted molar refractivity (Wildman–Crippen MR) is 130 cm³/mol. The first kappa shape index (κ1) is 26.7. The standard InChI is InChI=1S/C28H42O6/c1-7-8-9-10-24(31)33-25-18(3)15-28(34-19(4)30)23(25)14-20(16-29)11-12-21-22(27(21,5)6)13-17(2)26(28)32/h13-14,18,21-23,25,29H,7-12,15-16H2,1-6H3/b17-13+,20-14+/t18-,21-,22+,23-,25-,28+/m0/s1. The number of ketones is 1. The Morgan fingerprint density at radius 1 is 1.18 bits per heavy atom. The Labute approximate surface area is 204 Å². The zero-order valence-corrected chi connectivity index (χ0v) is 21.7. The van der Waals surface area contributed by atoms with E-state index in [1.54, 1.807) is 6.92 Å². The molecule has 2 saturated carbocycles. The van der Waals surface area contributed by atoms with Crippen molar-refractivity contribution >= 4 is 17.7 Å². The van der Waals surface area contributed by atoms with Crippen molar-refractivity contribution < 1.29 is 29.0 Å². The van der Waals surface area contributed by atoms with Gasteiger partial charge in [-0.25, -0.2) is 0 Å². The van der Waals surface area contributed by atoms with Crippen molar-refractivity contribution in [3.05, 3.63) is 23.3 Å². The van der Waals surface area contributed by atoms with Crippen LogP contribution in [0.15, 0.2) is 23.3 Å². The summed E-state index contributed by atoms with van der Waals surface area (Å²) in [5, 5.41) is 10.2. The van der Waals surface area contributed by atoms with Crippen LogP contribution >= 0.6 is 0 Å². The minimum absolute atomic E-state index is 0.0921. The van der Waals surface area contributed by atoms with Gasteiger partial charge in [-0.3, -0.25) is 14.4 Å². The maximum atomic E-state index is 14.0. The summed E-state index contributed by atoms with van der Waals surface area (Å²) in [6.07, 6.45) is 8.25. The van der Waals surface area contributed by atoms with Crippen LogP contribution in [0.1, 0.15) is 86.5 Å². The number of unbranched alkanes of at least 4 members (excludes halogenated alkanes) is 2. The molecule has 6 atom stereocenters. The van der Waals surface area contributed by atoms with E-state index in [0.29, 0.717) is 24.3 Å². The Hall–Kier alpha value is -1.95. The fraction of sp³-hybridized carbons (Fsp3) is 0.750. The van der Waals surface area contributed by atoms with E-state index in [-0.39, 0.29) is 42.0 Å². The molecule has 0 spiro atoms. The Balaban J connectivity index is 2.04. The summed E-state index contributed by atoms with van der Waals surface area (Å²) >= 11 is 0. The number of Topliss-reactive ketones (excluding diaryl/α,β-unsaturated/α-hetero) is 1. The molecule has 0 aromatic rings. The van der Waals surface area contributed by atoms with Crippen molar-refractivity contribution in [1.29, 1.82) is 0 Å². The summed E-state index contributed by atoms with van der Waals surface area (Å²) in [6.45, 7) is 11.4. The number of esters is 2. The number of carbonyl (C=O) groups excluding carboxylic acids is 3. The van der Waals surface area contributed by atoms with E-state index >= 15 is 0 Å². The van der Waals surface area contributed by atoms with Crippen molar-refractivity contribution in [2.24, 2.45) is 29.1 Å². The van der Waals surface area contributed by atoms with Crippen molar-refractivity contribution in [1.82, 2.24) is 0 Å². The average molecular weight is 475 g/mol. The number of rotatable bonds is 7. The highest BCUT2D eigenvalue weighted by molar-refractivity contribution is 6.03. The van der Waals surface area contributed by atoms with Gasteiger partial charge in [0.1, 0.15) is 6.10 Å². The molecule has 0 saturated heterocycles. The molecule has 190 valence electrons. The zero-order valence-electron chi connectivity index (χ0n) is 21.7. The largest absolute Gasteiger partial charge is 0.461 e. The molecule has 1 N–H and O–H groups in total. The summed E-state index contributed by atoms with van der Waals surface area (Å²) < 4.78 is 11.8. The molecule has 0 radical (unpaired) electrons. The predicted octanol–water partition coefficient (Wildman–Crippen LogP) is 4.94. The van der Waals surface area contributed by atoms with Crippen molar-refractivity contribution in [2.75, 3.05) is 6.61 Å². The lowest BCUT2D eigenvalue weighted by molar-refractivity contribution is -0.170. The van der Waals surface area contributed by atoms with E-state index in [2.05, 4.69) is 20.8 Å². The van der Waals surface area contributed by atoms with Gasteiger partial charge in [-0.15, -0.1) is 0 Å². The normalized spacial score (nSPS) is 37.7. The third-order valence-electron chi connectivity index (χ3n) is 8.36. The van der Waals surface area contributed by atoms with Crippen LogP contribution in [0, 0.1) is 29.1 Å². The first-order chi connectivity index (χ1) is 16.0. The summed E-state index contributed by atoms with van der Waals surface area (Å²) in [5.41, 5.74) is 0.0418. The number of carbonyl (C=O) groups is 3. The quantitative estimate of drug-likeness (QED) is 0.319. The van der Waals surface area contributed by atoms with Crippen LogP contribution in [-0.2, 0) is 23.9 Å². The van der Waals surface area contributed by atoms with Crippen molar-refractivity contribution in [3.63, 3.8) is 0 Å². The highest BCUT2D eigenvalue weighted by atomic mass is 16.6. The Morgan fingerprint density at radius 2 is 1.88 bits per heavy atom. The highest BCUT2D eigenvalue weighted by Gasteiger charge is 2.61. The fourth-order valence-corrected chi connectivity index (χ4v) is 6.31. The molecule has 0 amide bonds. The fourth-order valence-electron chi connectivity index (χ4n) is 6.31. The third-order valence-corrected chi connectivity index (χ3v) is 8.36. The second-order valence-corrected chi connectivity index (χ2v) is 11.3. The number of aliphatic hydroxyl groups is 1. The van der Waals surface area contributed by atoms with Crippen LogP contribution in [-0.4, -0.2) is 41.1 Å². The van der Waals surface area contributed by atoms with Crippen molar-refractivity contribution in [2.45, 2.75) is 98.2 Å². The Morgan fingerprint density at radius 3 is 2.50 bits per heavy atom. The lowest BCUT2D eigenvalue weighted by Crippen LogP contribution is -2.48. The molecule has 0 aliphatic heterocycles. The number of aliphatic hydroxyl groups excluding tert-OH is 1. The monoisotopic (exact) mass is 474 g/mol. The van der Waals surface area contributed by atoms with Crippen LogP contribution in [0.25, 0.3) is 0 Å². The SMILES string of the molecule is CCCCCC(=O)O[C@H]1[C@@H](C)C[C@]2(OC(C)=O)C(=O)/C(C)=C/[C@@H]3[C@H](CC/C(CO)=C\[C@@H]12)C3(C)C. The van der Waals surface area contributed by atoms with Crippen LogP contribution in [0.3, 0.4) is 0 Å². The first-order valence-electron chi connectivity index (χ1n) is 12.9. The van der Waals surface area contributed by atoms with Gasteiger partial charge in [0.2, 0.25) is 5.78 Å². The number of fused-ring (bicyclic) bond motifs is 2. The van der Waals surface area contributed by atoms with Crippen molar-refractivity contribution in [3.8, 4) is 0 Å². The van der Waals surface area contributed by atoms with Crippen LogP contribution in [0.5, 0.6) is 0 Å². The lowest BCUT2D eigenvalue weighted by Gasteiger charge is -2.34. The molecule has 0 bridgehead atoms. The molecule has 0 aromatic heterocycles. The molecule has 3 aliphatic rings. The zero-order chi connectivity index (χ0) is 25.3. The average Bonchev–Trinajstić information content (AvgIpc) is 3.17. The molecule has 0 heterocycles. The number of allylic oxidation sites excluding steroid dienone is 1. The summed E-state index contributed by atoms with van der Waals surface area (Å²) in [7, 11) is 0. The van der Waals surface area contributed by atoms with Gasteiger partial charge in [-0.1, -0.05) is 52.7 Å². The van der Waals surface area contributed by atoms with Gasteiger partial charge in [0.15, 0.2) is 5.60 Å². The van der Waals surface area contributed by atoms with Gasteiger partial charge >= 0.3 is 11.9 Å². The van der Waals surface area contributed by atoms with Crippen LogP contribution < -0.4 is 0 Å². The first-order valence-corrected chi connectivity index (χ1v) is 12.9. The van der Waals surface area contributed by atoms with Gasteiger partial charge in [0.25, 0.3) is 0 Å². The smallest absolute Gasteiger partial charge is 0.306 e. The second-order valence-electron chi connectivity index (χ2n) is 11.3. The molecule has 0 unspecified atom stereocenters. The molecular formula is C28H42O6. The maximum Gasteiger partial charge on any atom is 0.306 e. The number of hydrogen-bond acceptors (Lipinski definition) is 6. The van der Waals surface area contributed by atoms with E-state index in [9.17, 15) is 19.5 Å². The van der Waals surface area contributed by atoms with Crippen LogP contribution in [0.4, 0.5) is 0 Å². The van der Waals surface area contributed by atoms with Crippen LogP contribution in [0.2, 0.25) is 0 Å². The van der Waals surface area contributed by atoms with E-state index in [0.717, 1.165) is 31.3 Å². The third kappa shape index (κ3) is 5.17. The van der Waals surface area contributed by atoms with E-state index in [1.165, 1.54) is 6.92 Å². The van der Waals surface area contributed by atoms with Gasteiger partial charge in [-0.05, 0) is 60.5 Å². The number of ether oxygens (including phenoxy) is 2. The lowest BCUT2D eigenvalue weighted by atomic mass is 9.81. The minimum Gasteiger partial charge on any atom is -0.461 e. The van der Waals surface area contributed by atoms with Gasteiger partial charge in [-0.2, -0.15) is 0 Å². The number of hydrogen-bond donors (Lipinski definition) is 1. The summed E-state index contributed by atoms with van der Waals surface area (Å²) in [6, 6.07) is 0. The molecule has 2 fully saturated rings. The van der Waals surface area contributed by atoms with Gasteiger partial charge in [0, 0.05) is 19.8 Å².